The number of nitrogens with one attached hydrogen (secondary N) is 1. The average molecular weight is 397 g/mol. The standard InChI is InChI=1S/C10H7Cl2IN4O/c11-9-15-10(12)17(16-9)5-8(18)14-7-4-2-1-3-6(7)13/h1-4H,5H2,(H,14,18). The Bertz CT molecular complexity index is 587. The fraction of sp³-hybridized carbons (Fsp3) is 0.100. The molecule has 0 radical (unpaired) electrons. The van der Waals surface area contributed by atoms with Gasteiger partial charge in [0.15, 0.2) is 0 Å². The van der Waals surface area contributed by atoms with Gasteiger partial charge in [0.2, 0.25) is 16.5 Å². The Morgan fingerprint density at radius 1 is 1.39 bits per heavy atom. The van der Waals surface area contributed by atoms with Crippen LogP contribution >= 0.6 is 45.8 Å². The molecular weight excluding hydrogens is 390 g/mol. The van der Waals surface area contributed by atoms with Crippen LogP contribution in [0, 0.1) is 3.57 Å². The van der Waals surface area contributed by atoms with E-state index in [0.717, 1.165) is 9.26 Å². The molecule has 0 aliphatic carbocycles. The lowest BCUT2D eigenvalue weighted by Gasteiger charge is -2.07. The number of hydrogen-bond acceptors (Lipinski definition) is 3. The molecule has 0 fully saturated rings. The smallest absolute Gasteiger partial charge is 0.246 e. The number of carbonyl (C=O) groups is 1. The van der Waals surface area contributed by atoms with Gasteiger partial charge >= 0.3 is 0 Å². The largest absolute Gasteiger partial charge is 0.324 e. The van der Waals surface area contributed by atoms with Crippen LogP contribution in [0.2, 0.25) is 10.6 Å². The second-order valence-electron chi connectivity index (χ2n) is 3.34. The van der Waals surface area contributed by atoms with Gasteiger partial charge < -0.3 is 5.32 Å². The molecule has 0 unspecified atom stereocenters. The lowest BCUT2D eigenvalue weighted by molar-refractivity contribution is -0.116. The Hall–Kier alpha value is -0.860. The van der Waals surface area contributed by atoms with E-state index in [0.29, 0.717) is 0 Å². The highest BCUT2D eigenvalue weighted by atomic mass is 127. The minimum absolute atomic E-state index is 0.0158. The van der Waals surface area contributed by atoms with Gasteiger partial charge in [0.05, 0.1) is 5.69 Å². The minimum Gasteiger partial charge on any atom is -0.324 e. The third-order valence-corrected chi connectivity index (χ3v) is 3.42. The fourth-order valence-corrected chi connectivity index (χ4v) is 2.20. The average Bonchev–Trinajstić information content (AvgIpc) is 2.61. The molecule has 0 aliphatic rings. The molecule has 2 aromatic rings. The van der Waals surface area contributed by atoms with Crippen molar-refractivity contribution in [1.29, 1.82) is 0 Å². The van der Waals surface area contributed by atoms with Gasteiger partial charge in [0.25, 0.3) is 0 Å². The predicted molar refractivity (Wildman–Crippen MR) is 77.8 cm³/mol. The van der Waals surface area contributed by atoms with E-state index in [1.165, 1.54) is 4.68 Å². The van der Waals surface area contributed by atoms with Crippen molar-refractivity contribution in [2.24, 2.45) is 0 Å². The number of carbonyl (C=O) groups excluding carboxylic acids is 1. The molecule has 1 aromatic heterocycles. The van der Waals surface area contributed by atoms with E-state index in [4.69, 9.17) is 23.2 Å². The zero-order chi connectivity index (χ0) is 13.1. The van der Waals surface area contributed by atoms with Crippen molar-refractivity contribution in [3.05, 3.63) is 38.4 Å². The Labute approximate surface area is 127 Å². The van der Waals surface area contributed by atoms with E-state index in [1.807, 2.05) is 24.3 Å². The van der Waals surface area contributed by atoms with Crippen LogP contribution in [0.3, 0.4) is 0 Å². The molecule has 0 aliphatic heterocycles. The van der Waals surface area contributed by atoms with Crippen LogP contribution < -0.4 is 5.32 Å². The third-order valence-electron chi connectivity index (χ3n) is 2.04. The molecule has 0 atom stereocenters. The topological polar surface area (TPSA) is 59.8 Å². The summed E-state index contributed by atoms with van der Waals surface area (Å²) in [5.74, 6) is -0.248. The Morgan fingerprint density at radius 2 is 2.11 bits per heavy atom. The van der Waals surface area contributed by atoms with Gasteiger partial charge in [-0.1, -0.05) is 12.1 Å². The Balaban J connectivity index is 2.06. The van der Waals surface area contributed by atoms with Crippen LogP contribution in [0.4, 0.5) is 5.69 Å². The third kappa shape index (κ3) is 3.33. The van der Waals surface area contributed by atoms with Crippen molar-refractivity contribution in [3.63, 3.8) is 0 Å². The highest BCUT2D eigenvalue weighted by molar-refractivity contribution is 14.1. The van der Waals surface area contributed by atoms with E-state index < -0.39 is 0 Å². The first-order chi connectivity index (χ1) is 8.56. The monoisotopic (exact) mass is 396 g/mol. The van der Waals surface area contributed by atoms with Crippen LogP contribution in [0.5, 0.6) is 0 Å². The number of nitrogens with zero attached hydrogens (tertiary/aromatic N) is 3. The summed E-state index contributed by atoms with van der Waals surface area (Å²) in [4.78, 5) is 15.5. The molecule has 18 heavy (non-hydrogen) atoms. The van der Waals surface area contributed by atoms with E-state index >= 15 is 0 Å². The van der Waals surface area contributed by atoms with Crippen LogP contribution in [0.15, 0.2) is 24.3 Å². The summed E-state index contributed by atoms with van der Waals surface area (Å²) in [6.07, 6.45) is 0. The zero-order valence-electron chi connectivity index (χ0n) is 8.90. The van der Waals surface area contributed by atoms with Gasteiger partial charge in [-0.2, -0.15) is 4.98 Å². The van der Waals surface area contributed by atoms with Crippen LogP contribution in [-0.4, -0.2) is 20.7 Å². The molecule has 0 bridgehead atoms. The molecule has 1 heterocycles. The number of hydrogen-bond donors (Lipinski definition) is 1. The number of amides is 1. The van der Waals surface area contributed by atoms with E-state index in [2.05, 4.69) is 38.0 Å². The lowest BCUT2D eigenvalue weighted by Crippen LogP contribution is -2.20. The fourth-order valence-electron chi connectivity index (χ4n) is 1.29. The van der Waals surface area contributed by atoms with E-state index in [9.17, 15) is 4.79 Å². The predicted octanol–water partition coefficient (Wildman–Crippen LogP) is 2.83. The summed E-state index contributed by atoms with van der Waals surface area (Å²) >= 11 is 13.5. The first-order valence-electron chi connectivity index (χ1n) is 4.86. The zero-order valence-corrected chi connectivity index (χ0v) is 12.6. The Morgan fingerprint density at radius 3 is 2.72 bits per heavy atom. The molecule has 2 rings (SSSR count). The summed E-state index contributed by atoms with van der Waals surface area (Å²) in [6, 6.07) is 7.45. The van der Waals surface area contributed by atoms with Crippen molar-refractivity contribution in [3.8, 4) is 0 Å². The molecule has 1 aromatic carbocycles. The van der Waals surface area contributed by atoms with Crippen molar-refractivity contribution in [2.45, 2.75) is 6.54 Å². The van der Waals surface area contributed by atoms with Gasteiger partial charge in [-0.3, -0.25) is 4.79 Å². The quantitative estimate of drug-likeness (QED) is 0.811. The highest BCUT2D eigenvalue weighted by Crippen LogP contribution is 2.17. The van der Waals surface area contributed by atoms with Gasteiger partial charge in [0.1, 0.15) is 6.54 Å². The molecule has 1 amide bonds. The SMILES string of the molecule is O=C(Cn1nc(Cl)nc1Cl)Nc1ccccc1I. The number of anilines is 1. The molecule has 94 valence electrons. The summed E-state index contributed by atoms with van der Waals surface area (Å²) in [5, 5.41) is 6.65. The summed E-state index contributed by atoms with van der Waals surface area (Å²) in [6.45, 7) is -0.0382. The summed E-state index contributed by atoms with van der Waals surface area (Å²) in [5.41, 5.74) is 0.741. The van der Waals surface area contributed by atoms with Crippen LogP contribution in [0.25, 0.3) is 0 Å². The maximum absolute atomic E-state index is 11.8. The molecular formula is C10H7Cl2IN4O. The number of halogens is 3. The van der Waals surface area contributed by atoms with Crippen molar-refractivity contribution in [1.82, 2.24) is 14.8 Å². The molecule has 0 saturated heterocycles. The molecule has 0 spiro atoms. The summed E-state index contributed by atoms with van der Waals surface area (Å²) < 4.78 is 2.18. The number of para-hydroxylation sites is 1. The van der Waals surface area contributed by atoms with Gasteiger partial charge in [-0.25, -0.2) is 4.68 Å². The first-order valence-corrected chi connectivity index (χ1v) is 6.70. The maximum atomic E-state index is 11.8. The normalized spacial score (nSPS) is 10.4. The van der Waals surface area contributed by atoms with Gasteiger partial charge in [-0.15, -0.1) is 5.10 Å². The molecule has 8 heteroatoms. The Kier molecular flexibility index (Phi) is 4.41. The minimum atomic E-state index is -0.248. The second kappa shape index (κ2) is 5.85. The summed E-state index contributed by atoms with van der Waals surface area (Å²) in [7, 11) is 0. The molecule has 0 saturated carbocycles. The second-order valence-corrected chi connectivity index (χ2v) is 5.17. The van der Waals surface area contributed by atoms with Gasteiger partial charge in [-0.05, 0) is 57.9 Å². The first kappa shape index (κ1) is 13.6. The highest BCUT2D eigenvalue weighted by Gasteiger charge is 2.11. The van der Waals surface area contributed by atoms with Crippen molar-refractivity contribution >= 4 is 57.4 Å². The number of aromatic nitrogens is 3. The van der Waals surface area contributed by atoms with E-state index in [-0.39, 0.29) is 23.0 Å². The van der Waals surface area contributed by atoms with Crippen molar-refractivity contribution in [2.75, 3.05) is 5.32 Å². The molecule has 1 N–H and O–H groups in total. The number of benzene rings is 1. The maximum Gasteiger partial charge on any atom is 0.246 e. The van der Waals surface area contributed by atoms with E-state index in [1.54, 1.807) is 0 Å². The van der Waals surface area contributed by atoms with Crippen LogP contribution in [-0.2, 0) is 11.3 Å². The van der Waals surface area contributed by atoms with Gasteiger partial charge in [0, 0.05) is 3.57 Å². The molecule has 5 nitrogen and oxygen atoms in total. The van der Waals surface area contributed by atoms with Crippen LogP contribution in [0.1, 0.15) is 0 Å². The number of rotatable bonds is 3. The van der Waals surface area contributed by atoms with Crippen molar-refractivity contribution < 1.29 is 4.79 Å². The lowest BCUT2D eigenvalue weighted by atomic mass is 10.3.